The predicted molar refractivity (Wildman–Crippen MR) is 80.4 cm³/mol. The number of halogens is 1. The Bertz CT molecular complexity index is 571. The van der Waals surface area contributed by atoms with E-state index in [0.717, 1.165) is 42.0 Å². The fraction of sp³-hybridized carbons (Fsp3) is 0.438. The number of alkyl halides is 1. The zero-order chi connectivity index (χ0) is 14.7. The van der Waals surface area contributed by atoms with Gasteiger partial charge in [0.1, 0.15) is 5.88 Å². The molecule has 4 nitrogen and oxygen atoms in total. The first kappa shape index (κ1) is 14.3. The summed E-state index contributed by atoms with van der Waals surface area (Å²) in [6.45, 7) is 0.780. The highest BCUT2D eigenvalue weighted by Crippen LogP contribution is 2.33. The van der Waals surface area contributed by atoms with Crippen LogP contribution < -0.4 is 9.47 Å². The molecule has 0 atom stereocenters. The second kappa shape index (κ2) is 6.39. The molecule has 1 aromatic rings. The highest BCUT2D eigenvalue weighted by Gasteiger charge is 2.20. The van der Waals surface area contributed by atoms with Crippen molar-refractivity contribution < 1.29 is 14.3 Å². The first-order chi connectivity index (χ1) is 10.3. The lowest BCUT2D eigenvalue weighted by atomic mass is 10.0. The van der Waals surface area contributed by atoms with Crippen LogP contribution >= 0.6 is 11.6 Å². The Balaban J connectivity index is 1.80. The van der Waals surface area contributed by atoms with E-state index in [0.29, 0.717) is 6.54 Å². The van der Waals surface area contributed by atoms with Crippen LogP contribution in [0.15, 0.2) is 30.0 Å². The lowest BCUT2D eigenvalue weighted by Crippen LogP contribution is -2.31. The molecule has 1 amide bonds. The molecule has 0 N–H and O–H groups in total. The highest BCUT2D eigenvalue weighted by molar-refractivity contribution is 6.27. The van der Waals surface area contributed by atoms with Gasteiger partial charge in [-0.3, -0.25) is 4.79 Å². The number of hydrogen-bond donors (Lipinski definition) is 0. The summed E-state index contributed by atoms with van der Waals surface area (Å²) in [7, 11) is 0. The Morgan fingerprint density at radius 3 is 2.86 bits per heavy atom. The summed E-state index contributed by atoms with van der Waals surface area (Å²) in [5, 5.41) is 0. The summed E-state index contributed by atoms with van der Waals surface area (Å²) in [4.78, 5) is 13.9. The Morgan fingerprint density at radius 1 is 1.24 bits per heavy atom. The van der Waals surface area contributed by atoms with Gasteiger partial charge in [0.05, 0.1) is 6.54 Å². The number of carbonyl (C=O) groups is 1. The fourth-order valence-electron chi connectivity index (χ4n) is 2.71. The van der Waals surface area contributed by atoms with E-state index in [1.54, 1.807) is 4.90 Å². The number of benzene rings is 1. The maximum atomic E-state index is 12.1. The van der Waals surface area contributed by atoms with Gasteiger partial charge < -0.3 is 14.4 Å². The van der Waals surface area contributed by atoms with E-state index in [4.69, 9.17) is 21.1 Å². The molecule has 0 fully saturated rings. The minimum Gasteiger partial charge on any atom is -0.454 e. The fourth-order valence-corrected chi connectivity index (χ4v) is 2.85. The minimum absolute atomic E-state index is 0.00188. The summed E-state index contributed by atoms with van der Waals surface area (Å²) < 4.78 is 10.7. The van der Waals surface area contributed by atoms with Crippen molar-refractivity contribution in [1.29, 1.82) is 0 Å². The van der Waals surface area contributed by atoms with E-state index >= 15 is 0 Å². The van der Waals surface area contributed by atoms with Crippen LogP contribution in [0, 0.1) is 0 Å². The van der Waals surface area contributed by atoms with Crippen molar-refractivity contribution in [3.8, 4) is 11.5 Å². The molecule has 3 rings (SSSR count). The van der Waals surface area contributed by atoms with E-state index in [2.05, 4.69) is 6.08 Å². The van der Waals surface area contributed by atoms with Crippen LogP contribution in [-0.2, 0) is 11.3 Å². The third-order valence-corrected chi connectivity index (χ3v) is 4.04. The molecule has 112 valence electrons. The molecule has 0 aromatic heterocycles. The molecule has 1 heterocycles. The third-order valence-electron chi connectivity index (χ3n) is 3.81. The second-order valence-electron chi connectivity index (χ2n) is 5.24. The lowest BCUT2D eigenvalue weighted by molar-refractivity contribution is -0.127. The van der Waals surface area contributed by atoms with Crippen LogP contribution in [0.4, 0.5) is 0 Å². The maximum Gasteiger partial charge on any atom is 0.241 e. The van der Waals surface area contributed by atoms with Crippen molar-refractivity contribution in [3.63, 3.8) is 0 Å². The molecular weight excluding hydrogens is 290 g/mol. The Labute approximate surface area is 129 Å². The highest BCUT2D eigenvalue weighted by atomic mass is 35.5. The van der Waals surface area contributed by atoms with E-state index in [1.807, 2.05) is 18.2 Å². The first-order valence-electron chi connectivity index (χ1n) is 7.22. The standard InChI is InChI=1S/C16H18ClNO3/c17-9-16(19)18(13-4-2-1-3-5-13)10-12-6-7-14-15(8-12)21-11-20-14/h4,6-8H,1-3,5,9-11H2. The molecule has 1 aliphatic carbocycles. The van der Waals surface area contributed by atoms with Gasteiger partial charge in [0.15, 0.2) is 11.5 Å². The van der Waals surface area contributed by atoms with E-state index in [-0.39, 0.29) is 18.6 Å². The lowest BCUT2D eigenvalue weighted by Gasteiger charge is -2.27. The summed E-state index contributed by atoms with van der Waals surface area (Å²) in [5.41, 5.74) is 2.11. The number of ether oxygens (including phenoxy) is 2. The first-order valence-corrected chi connectivity index (χ1v) is 7.75. The van der Waals surface area contributed by atoms with Crippen molar-refractivity contribution in [2.24, 2.45) is 0 Å². The van der Waals surface area contributed by atoms with Crippen LogP contribution in [-0.4, -0.2) is 23.5 Å². The molecular formula is C16H18ClNO3. The summed E-state index contributed by atoms with van der Waals surface area (Å²) in [5.74, 6) is 1.44. The SMILES string of the molecule is O=C(CCl)N(Cc1ccc2c(c1)OCO2)C1=CCCCC1. The van der Waals surface area contributed by atoms with Gasteiger partial charge in [-0.25, -0.2) is 0 Å². The minimum atomic E-state index is -0.0533. The number of fused-ring (bicyclic) bond motifs is 1. The Morgan fingerprint density at radius 2 is 2.10 bits per heavy atom. The predicted octanol–water partition coefficient (Wildman–Crippen LogP) is 3.44. The smallest absolute Gasteiger partial charge is 0.241 e. The Hall–Kier alpha value is -1.68. The number of rotatable bonds is 4. The van der Waals surface area contributed by atoms with Gasteiger partial charge in [-0.1, -0.05) is 12.1 Å². The number of allylic oxidation sites excluding steroid dienone is 2. The zero-order valence-electron chi connectivity index (χ0n) is 11.8. The Kier molecular flexibility index (Phi) is 4.34. The number of nitrogens with zero attached hydrogens (tertiary/aromatic N) is 1. The molecule has 1 aliphatic heterocycles. The number of hydrogen-bond acceptors (Lipinski definition) is 3. The maximum absolute atomic E-state index is 12.1. The molecule has 2 aliphatic rings. The normalized spacial score (nSPS) is 16.5. The van der Waals surface area contributed by atoms with Crippen LogP contribution in [0.1, 0.15) is 31.2 Å². The van der Waals surface area contributed by atoms with Crippen LogP contribution in [0.25, 0.3) is 0 Å². The molecule has 1 aromatic carbocycles. The molecule has 0 bridgehead atoms. The number of carbonyl (C=O) groups excluding carboxylic acids is 1. The van der Waals surface area contributed by atoms with E-state index in [9.17, 15) is 4.79 Å². The van der Waals surface area contributed by atoms with Gasteiger partial charge >= 0.3 is 0 Å². The van der Waals surface area contributed by atoms with Gasteiger partial charge in [-0.15, -0.1) is 11.6 Å². The van der Waals surface area contributed by atoms with Crippen LogP contribution in [0.2, 0.25) is 0 Å². The monoisotopic (exact) mass is 307 g/mol. The van der Waals surface area contributed by atoms with E-state index < -0.39 is 0 Å². The average Bonchev–Trinajstić information content (AvgIpc) is 3.00. The molecule has 0 unspecified atom stereocenters. The van der Waals surface area contributed by atoms with Crippen molar-refractivity contribution >= 4 is 17.5 Å². The molecule has 21 heavy (non-hydrogen) atoms. The number of amides is 1. The molecule has 5 heteroatoms. The molecule has 0 saturated heterocycles. The van der Waals surface area contributed by atoms with Gasteiger partial charge in [0.25, 0.3) is 0 Å². The largest absolute Gasteiger partial charge is 0.454 e. The van der Waals surface area contributed by atoms with Crippen LogP contribution in [0.5, 0.6) is 11.5 Å². The van der Waals surface area contributed by atoms with Gasteiger partial charge in [-0.05, 0) is 43.4 Å². The third kappa shape index (κ3) is 3.16. The van der Waals surface area contributed by atoms with Crippen molar-refractivity contribution in [2.75, 3.05) is 12.7 Å². The second-order valence-corrected chi connectivity index (χ2v) is 5.51. The van der Waals surface area contributed by atoms with Crippen molar-refractivity contribution in [3.05, 3.63) is 35.5 Å². The average molecular weight is 308 g/mol. The van der Waals surface area contributed by atoms with Crippen LogP contribution in [0.3, 0.4) is 0 Å². The topological polar surface area (TPSA) is 38.8 Å². The van der Waals surface area contributed by atoms with Gasteiger partial charge in [0.2, 0.25) is 12.7 Å². The molecule has 0 saturated carbocycles. The van der Waals surface area contributed by atoms with E-state index in [1.165, 1.54) is 6.42 Å². The van der Waals surface area contributed by atoms with Gasteiger partial charge in [-0.2, -0.15) is 0 Å². The zero-order valence-corrected chi connectivity index (χ0v) is 12.6. The quantitative estimate of drug-likeness (QED) is 0.800. The molecule has 0 radical (unpaired) electrons. The molecule has 0 spiro atoms. The summed E-state index contributed by atoms with van der Waals surface area (Å²) in [6, 6.07) is 5.78. The van der Waals surface area contributed by atoms with Crippen molar-refractivity contribution in [1.82, 2.24) is 4.90 Å². The summed E-state index contributed by atoms with van der Waals surface area (Å²) in [6.07, 6.45) is 6.44. The van der Waals surface area contributed by atoms with Crippen molar-refractivity contribution in [2.45, 2.75) is 32.2 Å². The van der Waals surface area contributed by atoms with Gasteiger partial charge in [0, 0.05) is 5.70 Å². The summed E-state index contributed by atoms with van der Waals surface area (Å²) >= 11 is 5.76.